The van der Waals surface area contributed by atoms with Gasteiger partial charge in [-0.2, -0.15) is 0 Å². The number of rotatable bonds is 2. The molecule has 8 heteroatoms. The zero-order valence-corrected chi connectivity index (χ0v) is 9.61. The van der Waals surface area contributed by atoms with E-state index < -0.39 is 46.1 Å². The van der Waals surface area contributed by atoms with Gasteiger partial charge in [0.2, 0.25) is 0 Å². The number of phenols is 2. The van der Waals surface area contributed by atoms with E-state index in [9.17, 15) is 17.6 Å². The monoisotopic (exact) mass is 286 g/mol. The number of nitrogens with zero attached hydrogens (tertiary/aromatic N) is 2. The van der Waals surface area contributed by atoms with Gasteiger partial charge in [0.25, 0.3) is 0 Å². The van der Waals surface area contributed by atoms with Gasteiger partial charge < -0.3 is 10.2 Å². The number of hydrogen-bond acceptors (Lipinski definition) is 4. The lowest BCUT2D eigenvalue weighted by atomic mass is 10.2. The van der Waals surface area contributed by atoms with Crippen LogP contribution in [0.3, 0.4) is 0 Å². The Hall–Kier alpha value is -2.64. The van der Waals surface area contributed by atoms with E-state index in [2.05, 4.69) is 10.2 Å². The topological polar surface area (TPSA) is 65.2 Å². The minimum absolute atomic E-state index is 0.570. The van der Waals surface area contributed by atoms with Gasteiger partial charge in [-0.1, -0.05) is 0 Å². The minimum atomic E-state index is -1.24. The maximum atomic E-state index is 13.3. The molecule has 0 spiro atoms. The van der Waals surface area contributed by atoms with Crippen LogP contribution in [0.2, 0.25) is 0 Å². The van der Waals surface area contributed by atoms with Gasteiger partial charge in [0.15, 0.2) is 34.6 Å². The number of azo groups is 1. The summed E-state index contributed by atoms with van der Waals surface area (Å²) in [5.41, 5.74) is -1.82. The Morgan fingerprint density at radius 1 is 0.600 bits per heavy atom. The zero-order chi connectivity index (χ0) is 14.9. The highest BCUT2D eigenvalue weighted by molar-refractivity contribution is 5.47. The Balaban J connectivity index is 2.45. The Morgan fingerprint density at radius 3 is 1.10 bits per heavy atom. The second-order valence-electron chi connectivity index (χ2n) is 3.72. The Kier molecular flexibility index (Phi) is 3.55. The molecule has 2 aromatic rings. The lowest BCUT2D eigenvalue weighted by molar-refractivity contribution is 0.459. The molecular weight excluding hydrogens is 280 g/mol. The molecule has 0 aromatic heterocycles. The van der Waals surface area contributed by atoms with Gasteiger partial charge in [-0.3, -0.25) is 0 Å². The van der Waals surface area contributed by atoms with Crippen LogP contribution in [0.15, 0.2) is 34.5 Å². The van der Waals surface area contributed by atoms with E-state index in [1.54, 1.807) is 0 Å². The van der Waals surface area contributed by atoms with E-state index in [0.717, 1.165) is 0 Å². The van der Waals surface area contributed by atoms with Crippen molar-refractivity contribution in [3.8, 4) is 11.5 Å². The predicted octanol–water partition coefficient (Wildman–Crippen LogP) is 4.07. The average Bonchev–Trinajstić information content (AvgIpc) is 2.30. The zero-order valence-electron chi connectivity index (χ0n) is 9.61. The van der Waals surface area contributed by atoms with E-state index in [4.69, 9.17) is 10.2 Å². The van der Waals surface area contributed by atoms with Crippen LogP contribution in [0.25, 0.3) is 0 Å². The number of aromatic hydroxyl groups is 2. The summed E-state index contributed by atoms with van der Waals surface area (Å²) in [6, 6.07) is 2.28. The van der Waals surface area contributed by atoms with Crippen LogP contribution in [-0.2, 0) is 0 Å². The molecule has 2 rings (SSSR count). The summed E-state index contributed by atoms with van der Waals surface area (Å²) < 4.78 is 53.2. The van der Waals surface area contributed by atoms with E-state index in [1.807, 2.05) is 0 Å². The molecule has 0 amide bonds. The summed E-state index contributed by atoms with van der Waals surface area (Å²) in [5.74, 6) is -6.31. The molecule has 0 fully saturated rings. The maximum Gasteiger partial charge on any atom is 0.157 e. The molecule has 0 unspecified atom stereocenters. The van der Waals surface area contributed by atoms with Crippen molar-refractivity contribution in [2.24, 2.45) is 10.2 Å². The molecule has 0 bridgehead atoms. The number of phenolic OH excluding ortho intramolecular Hbond substituents is 2. The molecular formula is C12H6F4N2O2. The highest BCUT2D eigenvalue weighted by atomic mass is 19.1. The van der Waals surface area contributed by atoms with Crippen LogP contribution in [0.1, 0.15) is 0 Å². The third kappa shape index (κ3) is 2.68. The quantitative estimate of drug-likeness (QED) is 0.645. The van der Waals surface area contributed by atoms with Crippen molar-refractivity contribution in [3.63, 3.8) is 0 Å². The van der Waals surface area contributed by atoms with Gasteiger partial charge in [-0.15, -0.1) is 10.2 Å². The summed E-state index contributed by atoms with van der Waals surface area (Å²) in [4.78, 5) is 0. The van der Waals surface area contributed by atoms with Crippen LogP contribution >= 0.6 is 0 Å². The Labute approximate surface area is 109 Å². The van der Waals surface area contributed by atoms with Gasteiger partial charge in [0, 0.05) is 24.3 Å². The summed E-state index contributed by atoms with van der Waals surface area (Å²) in [6.07, 6.45) is 0. The third-order valence-corrected chi connectivity index (χ3v) is 2.25. The molecule has 4 nitrogen and oxygen atoms in total. The first-order valence-corrected chi connectivity index (χ1v) is 5.16. The van der Waals surface area contributed by atoms with E-state index in [-0.39, 0.29) is 0 Å². The average molecular weight is 286 g/mol. The molecule has 0 saturated carbocycles. The maximum absolute atomic E-state index is 13.3. The van der Waals surface area contributed by atoms with Crippen molar-refractivity contribution < 1.29 is 27.8 Å². The second kappa shape index (κ2) is 5.16. The van der Waals surface area contributed by atoms with Crippen LogP contribution in [0.5, 0.6) is 11.5 Å². The number of hydrogen-bond donors (Lipinski definition) is 2. The highest BCUT2D eigenvalue weighted by Crippen LogP contribution is 2.31. The molecule has 104 valence electrons. The van der Waals surface area contributed by atoms with Crippen LogP contribution in [0, 0.1) is 23.3 Å². The lowest BCUT2D eigenvalue weighted by Gasteiger charge is -2.01. The van der Waals surface area contributed by atoms with Crippen molar-refractivity contribution in [3.05, 3.63) is 47.5 Å². The van der Waals surface area contributed by atoms with Crippen molar-refractivity contribution in [1.29, 1.82) is 0 Å². The van der Waals surface area contributed by atoms with Crippen molar-refractivity contribution in [1.82, 2.24) is 0 Å². The third-order valence-electron chi connectivity index (χ3n) is 2.25. The normalized spacial score (nSPS) is 11.2. The predicted molar refractivity (Wildman–Crippen MR) is 60.2 cm³/mol. The smallest absolute Gasteiger partial charge is 0.157 e. The fourth-order valence-corrected chi connectivity index (χ4v) is 1.40. The van der Waals surface area contributed by atoms with Gasteiger partial charge >= 0.3 is 0 Å². The van der Waals surface area contributed by atoms with Gasteiger partial charge in [0.1, 0.15) is 11.5 Å². The Bertz CT molecular complexity index is 598. The molecule has 0 saturated heterocycles. The molecule has 0 heterocycles. The van der Waals surface area contributed by atoms with Gasteiger partial charge in [-0.25, -0.2) is 17.6 Å². The summed E-state index contributed by atoms with van der Waals surface area (Å²) >= 11 is 0. The standard InChI is InChI=1S/C12H6F4N2O2/c13-7-1-5(19)2-8(14)11(7)17-18-12-9(15)3-6(20)4-10(12)16/h1-4,19-20H. The number of benzene rings is 2. The molecule has 2 aromatic carbocycles. The summed E-state index contributed by atoms with van der Waals surface area (Å²) in [6.45, 7) is 0. The van der Waals surface area contributed by atoms with E-state index in [0.29, 0.717) is 24.3 Å². The largest absolute Gasteiger partial charge is 0.508 e. The minimum Gasteiger partial charge on any atom is -0.508 e. The van der Waals surface area contributed by atoms with Crippen LogP contribution in [-0.4, -0.2) is 10.2 Å². The highest BCUT2D eigenvalue weighted by Gasteiger charge is 2.13. The lowest BCUT2D eigenvalue weighted by Crippen LogP contribution is -1.84. The first-order valence-electron chi connectivity index (χ1n) is 5.16. The fourth-order valence-electron chi connectivity index (χ4n) is 1.40. The van der Waals surface area contributed by atoms with Crippen molar-refractivity contribution in [2.75, 3.05) is 0 Å². The van der Waals surface area contributed by atoms with Crippen molar-refractivity contribution in [2.45, 2.75) is 0 Å². The van der Waals surface area contributed by atoms with E-state index in [1.165, 1.54) is 0 Å². The SMILES string of the molecule is Oc1cc(F)c(N=Nc2c(F)cc(O)cc2F)c(F)c1. The molecule has 0 aliphatic heterocycles. The molecule has 0 aliphatic carbocycles. The molecule has 2 N–H and O–H groups in total. The molecule has 0 radical (unpaired) electrons. The fraction of sp³-hybridized carbons (Fsp3) is 0. The summed E-state index contributed by atoms with van der Waals surface area (Å²) in [7, 11) is 0. The Morgan fingerprint density at radius 2 is 0.850 bits per heavy atom. The van der Waals surface area contributed by atoms with Gasteiger partial charge in [0.05, 0.1) is 0 Å². The molecule has 20 heavy (non-hydrogen) atoms. The van der Waals surface area contributed by atoms with E-state index >= 15 is 0 Å². The molecule has 0 atom stereocenters. The van der Waals surface area contributed by atoms with Crippen LogP contribution < -0.4 is 0 Å². The molecule has 0 aliphatic rings. The number of halogens is 4. The first kappa shape index (κ1) is 13.8. The van der Waals surface area contributed by atoms with Gasteiger partial charge in [-0.05, 0) is 0 Å². The second-order valence-corrected chi connectivity index (χ2v) is 3.72. The van der Waals surface area contributed by atoms with Crippen LogP contribution in [0.4, 0.5) is 28.9 Å². The van der Waals surface area contributed by atoms with Crippen molar-refractivity contribution >= 4 is 11.4 Å². The first-order chi connectivity index (χ1) is 9.38. The summed E-state index contributed by atoms with van der Waals surface area (Å²) in [5, 5.41) is 24.0.